The highest BCUT2D eigenvalue weighted by Gasteiger charge is 2.10. The normalized spacial score (nSPS) is 12.1. The Bertz CT molecular complexity index is 591. The van der Waals surface area contributed by atoms with Crippen molar-refractivity contribution in [2.24, 2.45) is 0 Å². The van der Waals surface area contributed by atoms with Gasteiger partial charge in [0, 0.05) is 12.1 Å². The van der Waals surface area contributed by atoms with E-state index in [1.165, 1.54) is 22.3 Å². The molecule has 0 fully saturated rings. The first-order valence-electron chi connectivity index (χ1n) is 6.85. The number of methoxy groups -OCH3 is 1. The van der Waals surface area contributed by atoms with E-state index in [4.69, 9.17) is 4.74 Å². The van der Waals surface area contributed by atoms with Crippen LogP contribution in [0.4, 0.5) is 5.69 Å². The number of hydrogen-bond donors (Lipinski definition) is 1. The first kappa shape index (κ1) is 14.4. The Labute approximate surface area is 121 Å². The number of anilines is 1. The molecular formula is C17H22N2O. The van der Waals surface area contributed by atoms with Gasteiger partial charge in [-0.25, -0.2) is 4.98 Å². The Morgan fingerprint density at radius 2 is 1.75 bits per heavy atom. The van der Waals surface area contributed by atoms with Gasteiger partial charge >= 0.3 is 0 Å². The number of aromatic nitrogens is 1. The zero-order valence-electron chi connectivity index (χ0n) is 12.8. The Hall–Kier alpha value is -2.03. The van der Waals surface area contributed by atoms with Gasteiger partial charge in [-0.3, -0.25) is 0 Å². The predicted octanol–water partition coefficient (Wildman–Crippen LogP) is 4.19. The minimum atomic E-state index is 0.240. The summed E-state index contributed by atoms with van der Waals surface area (Å²) in [6.45, 7) is 8.63. The van der Waals surface area contributed by atoms with Crippen molar-refractivity contribution in [2.75, 3.05) is 12.4 Å². The van der Waals surface area contributed by atoms with E-state index in [0.29, 0.717) is 5.88 Å². The first-order valence-corrected chi connectivity index (χ1v) is 6.85. The first-order chi connectivity index (χ1) is 9.51. The summed E-state index contributed by atoms with van der Waals surface area (Å²) >= 11 is 0. The summed E-state index contributed by atoms with van der Waals surface area (Å²) < 4.78 is 5.07. The molecule has 3 nitrogen and oxygen atoms in total. The maximum atomic E-state index is 5.07. The van der Waals surface area contributed by atoms with Gasteiger partial charge in [-0.2, -0.15) is 0 Å². The molecule has 0 aliphatic rings. The highest BCUT2D eigenvalue weighted by atomic mass is 16.5. The molecule has 1 aromatic carbocycles. The molecule has 0 spiro atoms. The van der Waals surface area contributed by atoms with Gasteiger partial charge in [0.05, 0.1) is 19.0 Å². The van der Waals surface area contributed by atoms with E-state index in [9.17, 15) is 0 Å². The number of hydrogen-bond acceptors (Lipinski definition) is 3. The summed E-state index contributed by atoms with van der Waals surface area (Å²) in [5.41, 5.74) is 6.30. The molecule has 20 heavy (non-hydrogen) atoms. The van der Waals surface area contributed by atoms with Crippen molar-refractivity contribution < 1.29 is 4.74 Å². The molecule has 1 atom stereocenters. The minimum absolute atomic E-state index is 0.240. The third-order valence-electron chi connectivity index (χ3n) is 3.68. The van der Waals surface area contributed by atoms with E-state index in [1.807, 2.05) is 12.1 Å². The van der Waals surface area contributed by atoms with Crippen LogP contribution < -0.4 is 10.1 Å². The number of ether oxygens (including phenoxy) is 1. The zero-order chi connectivity index (χ0) is 14.7. The molecule has 1 aromatic heterocycles. The molecule has 0 aliphatic carbocycles. The molecule has 106 valence electrons. The minimum Gasteiger partial charge on any atom is -0.481 e. The molecule has 0 amide bonds. The summed E-state index contributed by atoms with van der Waals surface area (Å²) in [5.74, 6) is 0.630. The Balaban J connectivity index is 2.18. The van der Waals surface area contributed by atoms with Gasteiger partial charge in [0.15, 0.2) is 0 Å². The Kier molecular flexibility index (Phi) is 4.28. The summed E-state index contributed by atoms with van der Waals surface area (Å²) in [4.78, 5) is 4.21. The van der Waals surface area contributed by atoms with Crippen molar-refractivity contribution in [1.82, 2.24) is 4.98 Å². The lowest BCUT2D eigenvalue weighted by atomic mass is 9.96. The lowest BCUT2D eigenvalue weighted by molar-refractivity contribution is 0.398. The number of benzene rings is 1. The Morgan fingerprint density at radius 3 is 2.35 bits per heavy atom. The van der Waals surface area contributed by atoms with Crippen molar-refractivity contribution >= 4 is 5.69 Å². The number of nitrogens with zero attached hydrogens (tertiary/aromatic N) is 1. The van der Waals surface area contributed by atoms with Gasteiger partial charge in [-0.1, -0.05) is 12.1 Å². The molecule has 3 heteroatoms. The van der Waals surface area contributed by atoms with Crippen LogP contribution in [0.2, 0.25) is 0 Å². The highest BCUT2D eigenvalue weighted by molar-refractivity contribution is 5.47. The van der Waals surface area contributed by atoms with E-state index in [1.54, 1.807) is 13.3 Å². The topological polar surface area (TPSA) is 34.1 Å². The summed E-state index contributed by atoms with van der Waals surface area (Å²) in [6.07, 6.45) is 1.80. The van der Waals surface area contributed by atoms with E-state index in [-0.39, 0.29) is 6.04 Å². The van der Waals surface area contributed by atoms with Crippen molar-refractivity contribution in [1.29, 1.82) is 0 Å². The molecular weight excluding hydrogens is 248 g/mol. The van der Waals surface area contributed by atoms with E-state index >= 15 is 0 Å². The van der Waals surface area contributed by atoms with Gasteiger partial charge in [0.2, 0.25) is 5.88 Å². The number of rotatable bonds is 4. The van der Waals surface area contributed by atoms with Crippen LogP contribution in [0.5, 0.6) is 5.88 Å². The molecule has 1 unspecified atom stereocenters. The van der Waals surface area contributed by atoms with Crippen molar-refractivity contribution in [3.63, 3.8) is 0 Å². The lowest BCUT2D eigenvalue weighted by Gasteiger charge is -2.19. The third-order valence-corrected chi connectivity index (χ3v) is 3.68. The average molecular weight is 270 g/mol. The quantitative estimate of drug-likeness (QED) is 0.904. The molecule has 1 N–H and O–H groups in total. The molecule has 2 rings (SSSR count). The van der Waals surface area contributed by atoms with Gasteiger partial charge in [0.1, 0.15) is 0 Å². The number of nitrogens with one attached hydrogen (secondary N) is 1. The van der Waals surface area contributed by atoms with E-state index in [0.717, 1.165) is 5.69 Å². The molecule has 2 aromatic rings. The second-order valence-electron chi connectivity index (χ2n) is 5.25. The second kappa shape index (κ2) is 5.95. The predicted molar refractivity (Wildman–Crippen MR) is 83.5 cm³/mol. The van der Waals surface area contributed by atoms with Crippen LogP contribution in [0, 0.1) is 20.8 Å². The largest absolute Gasteiger partial charge is 0.481 e. The van der Waals surface area contributed by atoms with Gasteiger partial charge in [-0.05, 0) is 56.0 Å². The maximum Gasteiger partial charge on any atom is 0.213 e. The fraction of sp³-hybridized carbons (Fsp3) is 0.353. The highest BCUT2D eigenvalue weighted by Crippen LogP contribution is 2.25. The van der Waals surface area contributed by atoms with Crippen LogP contribution in [0.1, 0.15) is 35.2 Å². The van der Waals surface area contributed by atoms with E-state index in [2.05, 4.69) is 50.1 Å². The van der Waals surface area contributed by atoms with Crippen LogP contribution in [0.15, 0.2) is 30.5 Å². The SMILES string of the molecule is COc1ccc(NC(C)c2cc(C)c(C)cc2C)cn1. The summed E-state index contributed by atoms with van der Waals surface area (Å²) in [7, 11) is 1.62. The molecule has 0 saturated heterocycles. The van der Waals surface area contributed by atoms with Gasteiger partial charge < -0.3 is 10.1 Å². The fourth-order valence-electron chi connectivity index (χ4n) is 2.36. The standard InChI is InChI=1S/C17H22N2O/c1-11-8-13(3)16(9-12(11)2)14(4)19-15-6-7-17(20-5)18-10-15/h6-10,14,19H,1-5H3. The van der Waals surface area contributed by atoms with Crippen molar-refractivity contribution in [2.45, 2.75) is 33.7 Å². The summed E-state index contributed by atoms with van der Waals surface area (Å²) in [5, 5.41) is 3.48. The van der Waals surface area contributed by atoms with Crippen LogP contribution in [0.25, 0.3) is 0 Å². The Morgan fingerprint density at radius 1 is 1.05 bits per heavy atom. The molecule has 0 radical (unpaired) electrons. The van der Waals surface area contributed by atoms with Crippen LogP contribution in [0.3, 0.4) is 0 Å². The fourth-order valence-corrected chi connectivity index (χ4v) is 2.36. The van der Waals surface area contributed by atoms with E-state index < -0.39 is 0 Å². The smallest absolute Gasteiger partial charge is 0.213 e. The number of aryl methyl sites for hydroxylation is 3. The average Bonchev–Trinajstić information content (AvgIpc) is 2.43. The van der Waals surface area contributed by atoms with Crippen LogP contribution >= 0.6 is 0 Å². The molecule has 1 heterocycles. The van der Waals surface area contributed by atoms with Crippen molar-refractivity contribution in [3.05, 3.63) is 52.7 Å². The van der Waals surface area contributed by atoms with Crippen molar-refractivity contribution in [3.8, 4) is 5.88 Å². The van der Waals surface area contributed by atoms with Gasteiger partial charge in [0.25, 0.3) is 0 Å². The van der Waals surface area contributed by atoms with Crippen LogP contribution in [-0.4, -0.2) is 12.1 Å². The molecule has 0 aliphatic heterocycles. The number of pyridine rings is 1. The van der Waals surface area contributed by atoms with Crippen LogP contribution in [-0.2, 0) is 0 Å². The lowest BCUT2D eigenvalue weighted by Crippen LogP contribution is -2.09. The molecule has 0 saturated carbocycles. The zero-order valence-corrected chi connectivity index (χ0v) is 12.8. The monoisotopic (exact) mass is 270 g/mol. The third kappa shape index (κ3) is 3.10. The summed E-state index contributed by atoms with van der Waals surface area (Å²) in [6, 6.07) is 8.60. The van der Waals surface area contributed by atoms with Gasteiger partial charge in [-0.15, -0.1) is 0 Å². The maximum absolute atomic E-state index is 5.07. The second-order valence-corrected chi connectivity index (χ2v) is 5.25. The molecule has 0 bridgehead atoms.